The van der Waals surface area contributed by atoms with E-state index in [1.807, 2.05) is 0 Å². The second-order valence-corrected chi connectivity index (χ2v) is 4.94. The van der Waals surface area contributed by atoms with Crippen molar-refractivity contribution in [1.82, 2.24) is 5.43 Å². The number of benzene rings is 2. The van der Waals surface area contributed by atoms with Gasteiger partial charge in [0.2, 0.25) is 0 Å². The SMILES string of the molecule is CC(=NNC(=O)c1cc(O)ccc1O)c1cc(Cl)ccc1O. The Kier molecular flexibility index (Phi) is 4.53. The zero-order valence-electron chi connectivity index (χ0n) is 11.5. The Labute approximate surface area is 131 Å². The van der Waals surface area contributed by atoms with Crippen molar-refractivity contribution in [3.63, 3.8) is 0 Å². The van der Waals surface area contributed by atoms with Crippen LogP contribution in [0.2, 0.25) is 5.02 Å². The molecule has 22 heavy (non-hydrogen) atoms. The van der Waals surface area contributed by atoms with Crippen LogP contribution in [0.25, 0.3) is 0 Å². The molecule has 0 heterocycles. The first-order chi connectivity index (χ1) is 10.4. The van der Waals surface area contributed by atoms with Crippen LogP contribution in [-0.2, 0) is 0 Å². The van der Waals surface area contributed by atoms with Gasteiger partial charge in [-0.05, 0) is 43.3 Å². The summed E-state index contributed by atoms with van der Waals surface area (Å²) >= 11 is 5.84. The highest BCUT2D eigenvalue weighted by Crippen LogP contribution is 2.23. The molecule has 2 rings (SSSR count). The average molecular weight is 321 g/mol. The van der Waals surface area contributed by atoms with E-state index in [4.69, 9.17) is 11.6 Å². The lowest BCUT2D eigenvalue weighted by molar-refractivity contribution is 0.0951. The van der Waals surface area contributed by atoms with Crippen LogP contribution in [0.15, 0.2) is 41.5 Å². The number of aromatic hydroxyl groups is 3. The molecule has 2 aromatic rings. The minimum atomic E-state index is -0.700. The van der Waals surface area contributed by atoms with E-state index in [1.165, 1.54) is 30.3 Å². The Morgan fingerprint density at radius 1 is 1.05 bits per heavy atom. The summed E-state index contributed by atoms with van der Waals surface area (Å²) in [5, 5.41) is 32.9. The van der Waals surface area contributed by atoms with Crippen LogP contribution in [0, 0.1) is 0 Å². The number of nitrogens with one attached hydrogen (secondary N) is 1. The van der Waals surface area contributed by atoms with Gasteiger partial charge in [0.1, 0.15) is 17.2 Å². The fourth-order valence-corrected chi connectivity index (χ4v) is 1.93. The van der Waals surface area contributed by atoms with Crippen molar-refractivity contribution in [2.24, 2.45) is 5.10 Å². The minimum absolute atomic E-state index is 0.0277. The van der Waals surface area contributed by atoms with Crippen LogP contribution in [0.5, 0.6) is 17.2 Å². The third-order valence-corrected chi connectivity index (χ3v) is 3.13. The van der Waals surface area contributed by atoms with Gasteiger partial charge in [-0.1, -0.05) is 11.6 Å². The van der Waals surface area contributed by atoms with E-state index in [-0.39, 0.29) is 22.8 Å². The molecule has 0 bridgehead atoms. The average Bonchev–Trinajstić information content (AvgIpc) is 2.49. The Balaban J connectivity index is 2.22. The number of hydrogen-bond acceptors (Lipinski definition) is 5. The van der Waals surface area contributed by atoms with Crippen LogP contribution in [-0.4, -0.2) is 26.9 Å². The predicted molar refractivity (Wildman–Crippen MR) is 82.6 cm³/mol. The maximum absolute atomic E-state index is 11.9. The molecule has 0 unspecified atom stereocenters. The molecule has 0 fully saturated rings. The lowest BCUT2D eigenvalue weighted by Crippen LogP contribution is -2.19. The molecule has 0 atom stereocenters. The fourth-order valence-electron chi connectivity index (χ4n) is 1.76. The zero-order chi connectivity index (χ0) is 16.3. The molecule has 7 heteroatoms. The molecule has 0 spiro atoms. The van der Waals surface area contributed by atoms with Crippen LogP contribution >= 0.6 is 11.6 Å². The topological polar surface area (TPSA) is 102 Å². The number of carbonyl (C=O) groups is 1. The van der Waals surface area contributed by atoms with Gasteiger partial charge in [0, 0.05) is 10.6 Å². The van der Waals surface area contributed by atoms with E-state index in [0.29, 0.717) is 16.3 Å². The summed E-state index contributed by atoms with van der Waals surface area (Å²) in [5.74, 6) is -1.17. The number of hydrogen-bond donors (Lipinski definition) is 4. The lowest BCUT2D eigenvalue weighted by atomic mass is 10.1. The van der Waals surface area contributed by atoms with E-state index in [1.54, 1.807) is 6.92 Å². The van der Waals surface area contributed by atoms with Gasteiger partial charge in [-0.25, -0.2) is 5.43 Å². The maximum Gasteiger partial charge on any atom is 0.275 e. The van der Waals surface area contributed by atoms with Crippen molar-refractivity contribution in [3.05, 3.63) is 52.5 Å². The zero-order valence-corrected chi connectivity index (χ0v) is 12.3. The van der Waals surface area contributed by atoms with Crippen LogP contribution < -0.4 is 5.43 Å². The molecule has 114 valence electrons. The molecule has 0 saturated heterocycles. The van der Waals surface area contributed by atoms with E-state index in [2.05, 4.69) is 10.5 Å². The molecule has 0 saturated carbocycles. The lowest BCUT2D eigenvalue weighted by Gasteiger charge is -2.07. The number of nitrogens with zero attached hydrogens (tertiary/aromatic N) is 1. The molecule has 0 aliphatic carbocycles. The predicted octanol–water partition coefficient (Wildman–Crippen LogP) is 2.61. The van der Waals surface area contributed by atoms with Gasteiger partial charge in [-0.15, -0.1) is 0 Å². The molecule has 6 nitrogen and oxygen atoms in total. The highest BCUT2D eigenvalue weighted by atomic mass is 35.5. The smallest absolute Gasteiger partial charge is 0.275 e. The number of amides is 1. The van der Waals surface area contributed by atoms with Gasteiger partial charge in [0.15, 0.2) is 0 Å². The minimum Gasteiger partial charge on any atom is -0.508 e. The van der Waals surface area contributed by atoms with Crippen molar-refractivity contribution < 1.29 is 20.1 Å². The molecule has 1 amide bonds. The molecule has 0 radical (unpaired) electrons. The van der Waals surface area contributed by atoms with Gasteiger partial charge in [0.05, 0.1) is 11.3 Å². The largest absolute Gasteiger partial charge is 0.508 e. The summed E-state index contributed by atoms with van der Waals surface area (Å²) in [7, 11) is 0. The van der Waals surface area contributed by atoms with Gasteiger partial charge in [-0.3, -0.25) is 4.79 Å². The number of halogens is 1. The van der Waals surface area contributed by atoms with Crippen molar-refractivity contribution in [2.75, 3.05) is 0 Å². The molecule has 0 aliphatic rings. The summed E-state index contributed by atoms with van der Waals surface area (Å²) in [5.41, 5.74) is 2.81. The number of phenols is 3. The van der Waals surface area contributed by atoms with Crippen LogP contribution in [0.3, 0.4) is 0 Å². The summed E-state index contributed by atoms with van der Waals surface area (Å²) in [4.78, 5) is 11.9. The first kappa shape index (κ1) is 15.7. The number of hydrazone groups is 1. The highest BCUT2D eigenvalue weighted by Gasteiger charge is 2.12. The van der Waals surface area contributed by atoms with Gasteiger partial charge in [-0.2, -0.15) is 5.10 Å². The van der Waals surface area contributed by atoms with Gasteiger partial charge >= 0.3 is 0 Å². The van der Waals surface area contributed by atoms with E-state index in [0.717, 1.165) is 6.07 Å². The Morgan fingerprint density at radius 2 is 1.68 bits per heavy atom. The van der Waals surface area contributed by atoms with Crippen molar-refractivity contribution in [2.45, 2.75) is 6.92 Å². The standard InChI is InChI=1S/C15H13ClN2O4/c1-8(11-6-9(16)2-4-13(11)20)17-18-15(22)12-7-10(19)3-5-14(12)21/h2-7,19-21H,1H3,(H,18,22). The van der Waals surface area contributed by atoms with Crippen LogP contribution in [0.1, 0.15) is 22.8 Å². The maximum atomic E-state index is 11.9. The summed E-state index contributed by atoms with van der Waals surface area (Å²) in [6.07, 6.45) is 0. The number of rotatable bonds is 3. The van der Waals surface area contributed by atoms with Crippen molar-refractivity contribution in [1.29, 1.82) is 0 Å². The molecule has 0 aliphatic heterocycles. The Hall–Kier alpha value is -2.73. The van der Waals surface area contributed by atoms with Gasteiger partial charge in [0.25, 0.3) is 5.91 Å². The summed E-state index contributed by atoms with van der Waals surface area (Å²) < 4.78 is 0. The number of phenolic OH excluding ortho intramolecular Hbond substituents is 3. The quantitative estimate of drug-likeness (QED) is 0.396. The first-order valence-electron chi connectivity index (χ1n) is 6.24. The first-order valence-corrected chi connectivity index (χ1v) is 6.62. The Morgan fingerprint density at radius 3 is 2.41 bits per heavy atom. The molecule has 2 aromatic carbocycles. The highest BCUT2D eigenvalue weighted by molar-refractivity contribution is 6.31. The third-order valence-electron chi connectivity index (χ3n) is 2.90. The summed E-state index contributed by atoms with van der Waals surface area (Å²) in [6.45, 7) is 1.58. The van der Waals surface area contributed by atoms with E-state index < -0.39 is 5.91 Å². The fraction of sp³-hybridized carbons (Fsp3) is 0.0667. The normalized spacial score (nSPS) is 11.3. The van der Waals surface area contributed by atoms with Crippen molar-refractivity contribution >= 4 is 23.2 Å². The number of carbonyl (C=O) groups excluding carboxylic acids is 1. The monoisotopic (exact) mass is 320 g/mol. The molecular formula is C15H13ClN2O4. The van der Waals surface area contributed by atoms with Crippen LogP contribution in [0.4, 0.5) is 0 Å². The molecule has 0 aromatic heterocycles. The van der Waals surface area contributed by atoms with E-state index >= 15 is 0 Å². The third kappa shape index (κ3) is 3.48. The second kappa shape index (κ2) is 6.36. The summed E-state index contributed by atoms with van der Waals surface area (Å²) in [6, 6.07) is 8.02. The Bertz CT molecular complexity index is 759. The van der Waals surface area contributed by atoms with Gasteiger partial charge < -0.3 is 15.3 Å². The van der Waals surface area contributed by atoms with Crippen molar-refractivity contribution in [3.8, 4) is 17.2 Å². The second-order valence-electron chi connectivity index (χ2n) is 4.50. The molecule has 4 N–H and O–H groups in total. The molecular weight excluding hydrogens is 308 g/mol. The van der Waals surface area contributed by atoms with E-state index in [9.17, 15) is 20.1 Å².